The molecule has 1 fully saturated rings. The van der Waals surface area contributed by atoms with Crippen molar-refractivity contribution in [2.24, 2.45) is 5.92 Å². The molecule has 23 heavy (non-hydrogen) atoms. The van der Waals surface area contributed by atoms with Crippen LogP contribution in [0.1, 0.15) is 25.0 Å². The quantitative estimate of drug-likeness (QED) is 0.632. The van der Waals surface area contributed by atoms with Gasteiger partial charge in [-0.25, -0.2) is 10.4 Å². The Hall–Kier alpha value is -2.38. The molecule has 0 aromatic heterocycles. The van der Waals surface area contributed by atoms with Crippen molar-refractivity contribution in [3.05, 3.63) is 34.9 Å². The number of nitrogens with one attached hydrogen (secondary N) is 4. The highest BCUT2D eigenvalue weighted by Crippen LogP contribution is 2.32. The molecule has 1 atom stereocenters. The lowest BCUT2D eigenvalue weighted by Crippen LogP contribution is -2.56. The van der Waals surface area contributed by atoms with Gasteiger partial charge < -0.3 is 10.6 Å². The second-order valence-electron chi connectivity index (χ2n) is 6.30. The topological polar surface area (TPSA) is 85.5 Å². The molecule has 1 aromatic carbocycles. The number of hydrogen-bond acceptors (Lipinski definition) is 5. The van der Waals surface area contributed by atoms with Crippen LogP contribution in [0, 0.1) is 5.92 Å². The summed E-state index contributed by atoms with van der Waals surface area (Å²) >= 11 is 0. The summed E-state index contributed by atoms with van der Waals surface area (Å²) in [5, 5.41) is 11.0. The van der Waals surface area contributed by atoms with Gasteiger partial charge in [-0.1, -0.05) is 19.9 Å². The minimum Gasteiger partial charge on any atom is -0.351 e. The molecular weight excluding hydrogens is 294 g/mol. The van der Waals surface area contributed by atoms with Crippen LogP contribution in [0.15, 0.2) is 23.8 Å². The fourth-order valence-corrected chi connectivity index (χ4v) is 3.33. The molecule has 7 nitrogen and oxygen atoms in total. The molecule has 3 aliphatic heterocycles. The van der Waals surface area contributed by atoms with Gasteiger partial charge in [-0.2, -0.15) is 0 Å². The second-order valence-corrected chi connectivity index (χ2v) is 6.30. The number of carbonyl (C=O) groups excluding carboxylic acids is 2. The molecule has 1 aromatic rings. The second kappa shape index (κ2) is 5.07. The number of carbonyl (C=O) groups is 2. The molecule has 1 saturated heterocycles. The molecule has 3 aliphatic rings. The Bertz CT molecular complexity index is 740. The van der Waals surface area contributed by atoms with Crippen molar-refractivity contribution >= 4 is 23.2 Å². The van der Waals surface area contributed by atoms with Gasteiger partial charge in [-0.15, -0.1) is 0 Å². The molecule has 1 unspecified atom stereocenters. The van der Waals surface area contributed by atoms with Crippen molar-refractivity contribution in [3.8, 4) is 0 Å². The third-order valence-corrected chi connectivity index (χ3v) is 4.40. The predicted octanol–water partition coefficient (Wildman–Crippen LogP) is 0.329. The van der Waals surface area contributed by atoms with E-state index in [0.717, 1.165) is 28.1 Å². The average Bonchev–Trinajstić information content (AvgIpc) is 3.10. The maximum absolute atomic E-state index is 12.8. The Labute approximate surface area is 134 Å². The molecular formula is C16H19N5O2. The molecule has 120 valence electrons. The zero-order valence-corrected chi connectivity index (χ0v) is 13.1. The number of nitrogens with zero attached hydrogens (tertiary/aromatic N) is 1. The molecule has 0 saturated carbocycles. The van der Waals surface area contributed by atoms with Crippen molar-refractivity contribution in [3.63, 3.8) is 0 Å². The van der Waals surface area contributed by atoms with Crippen LogP contribution in [0.4, 0.5) is 5.69 Å². The van der Waals surface area contributed by atoms with Crippen LogP contribution in [0.25, 0.3) is 5.70 Å². The molecule has 7 heteroatoms. The van der Waals surface area contributed by atoms with Crippen molar-refractivity contribution in [2.45, 2.75) is 26.6 Å². The summed E-state index contributed by atoms with van der Waals surface area (Å²) in [6, 6.07) is 5.84. The van der Waals surface area contributed by atoms with E-state index in [1.807, 2.05) is 32.0 Å². The molecule has 0 spiro atoms. The molecule has 4 N–H and O–H groups in total. The van der Waals surface area contributed by atoms with Gasteiger partial charge in [0.2, 0.25) is 5.91 Å². The summed E-state index contributed by atoms with van der Waals surface area (Å²) < 4.78 is 0. The number of rotatable bonds is 2. The summed E-state index contributed by atoms with van der Waals surface area (Å²) in [5.41, 5.74) is 7.38. The van der Waals surface area contributed by atoms with Gasteiger partial charge in [0, 0.05) is 11.3 Å². The van der Waals surface area contributed by atoms with E-state index in [1.165, 1.54) is 0 Å². The first-order valence-corrected chi connectivity index (χ1v) is 7.79. The highest BCUT2D eigenvalue weighted by atomic mass is 16.2. The van der Waals surface area contributed by atoms with E-state index in [2.05, 4.69) is 21.4 Å². The smallest absolute Gasteiger partial charge is 0.269 e. The number of anilines is 1. The molecule has 0 bridgehead atoms. The van der Waals surface area contributed by atoms with Gasteiger partial charge in [-0.3, -0.25) is 14.9 Å². The fourth-order valence-electron chi connectivity index (χ4n) is 3.33. The van der Waals surface area contributed by atoms with Crippen LogP contribution in [-0.2, 0) is 16.0 Å². The molecule has 0 aliphatic carbocycles. The zero-order chi connectivity index (χ0) is 16.1. The van der Waals surface area contributed by atoms with Crippen molar-refractivity contribution < 1.29 is 9.59 Å². The van der Waals surface area contributed by atoms with Gasteiger partial charge in [0.1, 0.15) is 0 Å². The SMILES string of the molecule is CC(C)C1=C(c2ccc3c(c2)CC(=O)N3)NC2NCNN2C1=O. The Morgan fingerprint density at radius 2 is 2.09 bits per heavy atom. The van der Waals surface area contributed by atoms with Gasteiger partial charge in [0.15, 0.2) is 6.29 Å². The number of hydrazine groups is 1. The van der Waals surface area contributed by atoms with E-state index in [9.17, 15) is 9.59 Å². The van der Waals surface area contributed by atoms with E-state index < -0.39 is 0 Å². The van der Waals surface area contributed by atoms with Crippen LogP contribution < -0.4 is 21.4 Å². The highest BCUT2D eigenvalue weighted by Gasteiger charge is 2.38. The first kappa shape index (κ1) is 14.2. The van der Waals surface area contributed by atoms with E-state index in [4.69, 9.17) is 0 Å². The zero-order valence-electron chi connectivity index (χ0n) is 13.1. The summed E-state index contributed by atoms with van der Waals surface area (Å²) in [4.78, 5) is 24.3. The van der Waals surface area contributed by atoms with E-state index >= 15 is 0 Å². The van der Waals surface area contributed by atoms with Crippen molar-refractivity contribution in [1.29, 1.82) is 0 Å². The summed E-state index contributed by atoms with van der Waals surface area (Å²) in [7, 11) is 0. The van der Waals surface area contributed by atoms with Gasteiger partial charge in [0.05, 0.1) is 18.8 Å². The number of benzene rings is 1. The Kier molecular flexibility index (Phi) is 3.14. The number of amides is 2. The van der Waals surface area contributed by atoms with Crippen molar-refractivity contribution in [2.75, 3.05) is 12.0 Å². The third kappa shape index (κ3) is 2.20. The van der Waals surface area contributed by atoms with E-state index in [0.29, 0.717) is 13.1 Å². The van der Waals surface area contributed by atoms with Gasteiger partial charge >= 0.3 is 0 Å². The van der Waals surface area contributed by atoms with Crippen LogP contribution in [0.3, 0.4) is 0 Å². The third-order valence-electron chi connectivity index (χ3n) is 4.40. The predicted molar refractivity (Wildman–Crippen MR) is 85.4 cm³/mol. The first-order chi connectivity index (χ1) is 11.0. The van der Waals surface area contributed by atoms with Crippen LogP contribution >= 0.6 is 0 Å². The average molecular weight is 313 g/mol. The molecule has 0 radical (unpaired) electrons. The van der Waals surface area contributed by atoms with Gasteiger partial charge in [-0.05, 0) is 29.2 Å². The van der Waals surface area contributed by atoms with E-state index in [-0.39, 0.29) is 24.0 Å². The maximum atomic E-state index is 12.8. The van der Waals surface area contributed by atoms with Crippen molar-refractivity contribution in [1.82, 2.24) is 21.1 Å². The molecule has 3 heterocycles. The van der Waals surface area contributed by atoms with Crippen LogP contribution in [0.5, 0.6) is 0 Å². The Morgan fingerprint density at radius 3 is 2.87 bits per heavy atom. The van der Waals surface area contributed by atoms with Crippen LogP contribution in [0.2, 0.25) is 0 Å². The summed E-state index contributed by atoms with van der Waals surface area (Å²) in [5.74, 6) is 0.0792. The summed E-state index contributed by atoms with van der Waals surface area (Å²) in [6.07, 6.45) is 0.129. The highest BCUT2D eigenvalue weighted by molar-refractivity contribution is 6.04. The number of fused-ring (bicyclic) bond motifs is 2. The van der Waals surface area contributed by atoms with E-state index in [1.54, 1.807) is 5.01 Å². The molecule has 2 amide bonds. The summed E-state index contributed by atoms with van der Waals surface area (Å²) in [6.45, 7) is 4.57. The Morgan fingerprint density at radius 1 is 1.26 bits per heavy atom. The first-order valence-electron chi connectivity index (χ1n) is 7.79. The lowest BCUT2D eigenvalue weighted by molar-refractivity contribution is -0.132. The lowest BCUT2D eigenvalue weighted by atomic mass is 9.93. The van der Waals surface area contributed by atoms with Gasteiger partial charge in [0.25, 0.3) is 5.91 Å². The Balaban J connectivity index is 1.80. The monoisotopic (exact) mass is 313 g/mol. The fraction of sp³-hybridized carbons (Fsp3) is 0.375. The molecule has 4 rings (SSSR count). The minimum absolute atomic E-state index is 0.00993. The number of hydrogen-bond donors (Lipinski definition) is 4. The largest absolute Gasteiger partial charge is 0.351 e. The minimum atomic E-state index is -0.256. The lowest BCUT2D eigenvalue weighted by Gasteiger charge is -2.34. The standard InChI is InChI=1S/C16H19N5O2/c1-8(2)13-14(20-16-17-7-18-21(16)15(13)23)9-3-4-11-10(5-9)6-12(22)19-11/h3-5,8,16-18,20H,6-7H2,1-2H3,(H,19,22). The normalized spacial score (nSPS) is 23.1. The van der Waals surface area contributed by atoms with Crippen LogP contribution in [-0.4, -0.2) is 29.8 Å². The maximum Gasteiger partial charge on any atom is 0.269 e.